The van der Waals surface area contributed by atoms with Gasteiger partial charge in [-0.1, -0.05) is 43.7 Å². The highest BCUT2D eigenvalue weighted by Gasteiger charge is 2.17. The highest BCUT2D eigenvalue weighted by Crippen LogP contribution is 2.23. The number of carbonyl (C=O) groups is 1. The van der Waals surface area contributed by atoms with Gasteiger partial charge in [0.1, 0.15) is 0 Å². The van der Waals surface area contributed by atoms with Crippen LogP contribution in [0.15, 0.2) is 24.3 Å². The average molecular weight is 248 g/mol. The molecule has 1 rings (SSSR count). The zero-order valence-corrected chi connectivity index (χ0v) is 12.0. The number of nitrogens with zero attached hydrogens (tertiary/aromatic N) is 1. The second-order valence-electron chi connectivity index (χ2n) is 5.34. The van der Waals surface area contributed by atoms with E-state index >= 15 is 0 Å². The second-order valence-corrected chi connectivity index (χ2v) is 5.34. The molecule has 0 radical (unpaired) electrons. The minimum absolute atomic E-state index is 0.0345. The Bertz CT molecular complexity index is 382. The van der Waals surface area contributed by atoms with Crippen LogP contribution in [0.2, 0.25) is 0 Å². The summed E-state index contributed by atoms with van der Waals surface area (Å²) in [5, 5.41) is 2.96. The smallest absolute Gasteiger partial charge is 0.316 e. The van der Waals surface area contributed by atoms with E-state index in [-0.39, 0.29) is 6.03 Å². The number of amides is 2. The third-order valence-corrected chi connectivity index (χ3v) is 3.19. The number of hydrogen-bond donors (Lipinski definition) is 1. The number of urea groups is 1. The molecular formula is C15H24N2O. The number of aryl methyl sites for hydroxylation is 1. The van der Waals surface area contributed by atoms with E-state index in [0.29, 0.717) is 18.4 Å². The highest BCUT2D eigenvalue weighted by atomic mass is 16.2. The Morgan fingerprint density at radius 1 is 1.22 bits per heavy atom. The molecule has 1 N–H and O–H groups in total. The average Bonchev–Trinajstić information content (AvgIpc) is 2.30. The van der Waals surface area contributed by atoms with Crippen molar-refractivity contribution in [1.82, 2.24) is 10.2 Å². The van der Waals surface area contributed by atoms with Crippen LogP contribution in [0.5, 0.6) is 0 Å². The molecule has 100 valence electrons. The molecule has 2 amide bonds. The van der Waals surface area contributed by atoms with Crippen molar-refractivity contribution >= 4 is 6.03 Å². The SMILES string of the molecule is Cc1ccc(C(CNC(=O)N(C)C)C(C)C)cc1. The van der Waals surface area contributed by atoms with Gasteiger partial charge in [0, 0.05) is 26.6 Å². The van der Waals surface area contributed by atoms with Crippen LogP contribution in [0.25, 0.3) is 0 Å². The molecule has 0 aromatic heterocycles. The van der Waals surface area contributed by atoms with Gasteiger partial charge in [0.2, 0.25) is 0 Å². The van der Waals surface area contributed by atoms with E-state index in [1.54, 1.807) is 19.0 Å². The van der Waals surface area contributed by atoms with Gasteiger partial charge in [0.05, 0.1) is 0 Å². The summed E-state index contributed by atoms with van der Waals surface area (Å²) in [7, 11) is 3.51. The summed E-state index contributed by atoms with van der Waals surface area (Å²) < 4.78 is 0. The van der Waals surface area contributed by atoms with E-state index < -0.39 is 0 Å². The summed E-state index contributed by atoms with van der Waals surface area (Å²) in [4.78, 5) is 13.1. The Kier molecular flexibility index (Phi) is 5.20. The summed E-state index contributed by atoms with van der Waals surface area (Å²) in [5.41, 5.74) is 2.55. The summed E-state index contributed by atoms with van der Waals surface area (Å²) in [5.74, 6) is 0.852. The lowest BCUT2D eigenvalue weighted by Gasteiger charge is -2.23. The van der Waals surface area contributed by atoms with Crippen LogP contribution in [-0.4, -0.2) is 31.6 Å². The third-order valence-electron chi connectivity index (χ3n) is 3.19. The predicted octanol–water partition coefficient (Wildman–Crippen LogP) is 3.01. The lowest BCUT2D eigenvalue weighted by molar-refractivity contribution is 0.216. The van der Waals surface area contributed by atoms with Crippen LogP contribution in [0, 0.1) is 12.8 Å². The molecule has 0 aliphatic rings. The molecule has 0 aliphatic carbocycles. The highest BCUT2D eigenvalue weighted by molar-refractivity contribution is 5.73. The molecule has 1 aromatic rings. The number of benzene rings is 1. The van der Waals surface area contributed by atoms with Crippen molar-refractivity contribution in [1.29, 1.82) is 0 Å². The van der Waals surface area contributed by atoms with Crippen LogP contribution in [-0.2, 0) is 0 Å². The molecule has 0 heterocycles. The monoisotopic (exact) mass is 248 g/mol. The maximum atomic E-state index is 11.6. The van der Waals surface area contributed by atoms with Gasteiger partial charge in [-0.15, -0.1) is 0 Å². The van der Waals surface area contributed by atoms with E-state index in [4.69, 9.17) is 0 Å². The van der Waals surface area contributed by atoms with Crippen LogP contribution in [0.4, 0.5) is 4.79 Å². The van der Waals surface area contributed by atoms with Crippen molar-refractivity contribution in [3.63, 3.8) is 0 Å². The minimum Gasteiger partial charge on any atom is -0.337 e. The molecule has 3 nitrogen and oxygen atoms in total. The Hall–Kier alpha value is -1.51. The lowest BCUT2D eigenvalue weighted by Crippen LogP contribution is -2.37. The van der Waals surface area contributed by atoms with Crippen molar-refractivity contribution < 1.29 is 4.79 Å². The molecule has 1 atom stereocenters. The van der Waals surface area contributed by atoms with Gasteiger partial charge >= 0.3 is 6.03 Å². The summed E-state index contributed by atoms with van der Waals surface area (Å²) in [6.45, 7) is 7.14. The van der Waals surface area contributed by atoms with Crippen LogP contribution in [0.1, 0.15) is 30.9 Å². The predicted molar refractivity (Wildman–Crippen MR) is 75.8 cm³/mol. The quantitative estimate of drug-likeness (QED) is 0.873. The zero-order valence-electron chi connectivity index (χ0n) is 12.0. The first kappa shape index (κ1) is 14.6. The molecule has 0 saturated carbocycles. The maximum absolute atomic E-state index is 11.6. The Labute approximate surface area is 110 Å². The topological polar surface area (TPSA) is 32.3 Å². The van der Waals surface area contributed by atoms with Gasteiger partial charge in [0.25, 0.3) is 0 Å². The standard InChI is InChI=1S/C15H24N2O/c1-11(2)14(10-16-15(18)17(4)5)13-8-6-12(3)7-9-13/h6-9,11,14H,10H2,1-5H3,(H,16,18). The van der Waals surface area contributed by atoms with E-state index in [9.17, 15) is 4.79 Å². The maximum Gasteiger partial charge on any atom is 0.316 e. The number of carbonyl (C=O) groups excluding carboxylic acids is 1. The van der Waals surface area contributed by atoms with Crippen molar-refractivity contribution in [3.8, 4) is 0 Å². The Morgan fingerprint density at radius 3 is 2.22 bits per heavy atom. The fraction of sp³-hybridized carbons (Fsp3) is 0.533. The lowest BCUT2D eigenvalue weighted by atomic mass is 9.88. The molecule has 0 aliphatic heterocycles. The fourth-order valence-electron chi connectivity index (χ4n) is 1.91. The molecule has 0 bridgehead atoms. The van der Waals surface area contributed by atoms with Crippen molar-refractivity contribution in [2.75, 3.05) is 20.6 Å². The Morgan fingerprint density at radius 2 is 1.78 bits per heavy atom. The van der Waals surface area contributed by atoms with Gasteiger partial charge in [0.15, 0.2) is 0 Å². The van der Waals surface area contributed by atoms with Crippen LogP contribution >= 0.6 is 0 Å². The largest absolute Gasteiger partial charge is 0.337 e. The van der Waals surface area contributed by atoms with Crippen LogP contribution in [0.3, 0.4) is 0 Å². The van der Waals surface area contributed by atoms with Gasteiger partial charge in [-0.2, -0.15) is 0 Å². The van der Waals surface area contributed by atoms with Gasteiger partial charge in [-0.05, 0) is 18.4 Å². The van der Waals surface area contributed by atoms with E-state index in [1.807, 2.05) is 0 Å². The first-order chi connectivity index (χ1) is 8.41. The number of nitrogens with one attached hydrogen (secondary N) is 1. The number of hydrogen-bond acceptors (Lipinski definition) is 1. The molecule has 1 aromatic carbocycles. The molecule has 0 spiro atoms. The van der Waals surface area contributed by atoms with Gasteiger partial charge in [-0.3, -0.25) is 0 Å². The summed E-state index contributed by atoms with van der Waals surface area (Å²) >= 11 is 0. The Balaban J connectivity index is 2.72. The van der Waals surface area contributed by atoms with Crippen molar-refractivity contribution in [3.05, 3.63) is 35.4 Å². The normalized spacial score (nSPS) is 12.3. The van der Waals surface area contributed by atoms with E-state index in [1.165, 1.54) is 11.1 Å². The van der Waals surface area contributed by atoms with Gasteiger partial charge in [-0.25, -0.2) is 4.79 Å². The summed E-state index contributed by atoms with van der Waals surface area (Å²) in [6, 6.07) is 8.52. The van der Waals surface area contributed by atoms with Crippen molar-refractivity contribution in [2.45, 2.75) is 26.7 Å². The molecule has 0 saturated heterocycles. The first-order valence-corrected chi connectivity index (χ1v) is 6.43. The molecule has 0 fully saturated rings. The fourth-order valence-corrected chi connectivity index (χ4v) is 1.91. The number of rotatable bonds is 4. The second kappa shape index (κ2) is 6.43. The molecule has 18 heavy (non-hydrogen) atoms. The van der Waals surface area contributed by atoms with E-state index in [0.717, 1.165) is 0 Å². The molecule has 1 unspecified atom stereocenters. The van der Waals surface area contributed by atoms with Crippen LogP contribution < -0.4 is 5.32 Å². The molecular weight excluding hydrogens is 224 g/mol. The van der Waals surface area contributed by atoms with E-state index in [2.05, 4.69) is 50.4 Å². The van der Waals surface area contributed by atoms with Crippen molar-refractivity contribution in [2.24, 2.45) is 5.92 Å². The third kappa shape index (κ3) is 4.06. The first-order valence-electron chi connectivity index (χ1n) is 6.43. The minimum atomic E-state index is -0.0345. The van der Waals surface area contributed by atoms with Gasteiger partial charge < -0.3 is 10.2 Å². The molecule has 3 heteroatoms. The summed E-state index contributed by atoms with van der Waals surface area (Å²) in [6.07, 6.45) is 0. The zero-order chi connectivity index (χ0) is 13.7.